The summed E-state index contributed by atoms with van der Waals surface area (Å²) < 4.78 is 36.9. The smallest absolute Gasteiger partial charge is 0.254 e. The predicted octanol–water partition coefficient (Wildman–Crippen LogP) is 2.96. The lowest BCUT2D eigenvalue weighted by molar-refractivity contribution is 0.0680. The van der Waals surface area contributed by atoms with E-state index in [1.807, 2.05) is 19.1 Å². The topological polar surface area (TPSA) is 54.5 Å². The van der Waals surface area contributed by atoms with Crippen LogP contribution in [0.15, 0.2) is 48.5 Å². The molecule has 1 amide bonds. The molecule has 1 aliphatic heterocycles. The van der Waals surface area contributed by atoms with Crippen LogP contribution in [-0.4, -0.2) is 36.8 Å². The van der Waals surface area contributed by atoms with Crippen LogP contribution in [0.3, 0.4) is 0 Å². The number of benzene rings is 2. The molecule has 25 heavy (non-hydrogen) atoms. The highest BCUT2D eigenvalue weighted by molar-refractivity contribution is 7.91. The summed E-state index contributed by atoms with van der Waals surface area (Å²) in [6, 6.07) is 12.8. The van der Waals surface area contributed by atoms with E-state index in [1.54, 1.807) is 29.2 Å². The minimum absolute atomic E-state index is 0.0220. The number of hydrogen-bond acceptors (Lipinski definition) is 3. The number of rotatable bonds is 4. The van der Waals surface area contributed by atoms with E-state index in [-0.39, 0.29) is 35.8 Å². The molecule has 0 aromatic heterocycles. The highest BCUT2D eigenvalue weighted by Gasteiger charge is 2.35. The Morgan fingerprint density at radius 2 is 1.84 bits per heavy atom. The van der Waals surface area contributed by atoms with Gasteiger partial charge in [0.15, 0.2) is 9.84 Å². The van der Waals surface area contributed by atoms with Crippen molar-refractivity contribution in [3.05, 3.63) is 71.0 Å². The third kappa shape index (κ3) is 4.07. The molecular formula is C19H20FNO3S. The van der Waals surface area contributed by atoms with Gasteiger partial charge in [-0.15, -0.1) is 0 Å². The van der Waals surface area contributed by atoms with E-state index in [0.717, 1.165) is 11.1 Å². The Kier molecular flexibility index (Phi) is 4.90. The largest absolute Gasteiger partial charge is 0.330 e. The SMILES string of the molecule is Cc1ccccc1C(=O)N(Cc1ccc(F)cc1)C1CCS(=O)(=O)C1. The molecule has 2 aromatic rings. The summed E-state index contributed by atoms with van der Waals surface area (Å²) >= 11 is 0. The normalized spacial score (nSPS) is 18.9. The number of hydrogen-bond donors (Lipinski definition) is 0. The molecule has 1 aliphatic rings. The fourth-order valence-electron chi connectivity index (χ4n) is 3.14. The average molecular weight is 361 g/mol. The Morgan fingerprint density at radius 1 is 1.16 bits per heavy atom. The molecular weight excluding hydrogens is 341 g/mol. The van der Waals surface area contributed by atoms with Crippen molar-refractivity contribution in [3.8, 4) is 0 Å². The monoisotopic (exact) mass is 361 g/mol. The Morgan fingerprint density at radius 3 is 2.44 bits per heavy atom. The standard InChI is InChI=1S/C19H20FNO3S/c1-14-4-2-3-5-18(14)19(22)21(17-10-11-25(23,24)13-17)12-15-6-8-16(20)9-7-15/h2-9,17H,10-13H2,1H3. The van der Waals surface area contributed by atoms with Crippen LogP contribution in [0.2, 0.25) is 0 Å². The van der Waals surface area contributed by atoms with Gasteiger partial charge in [-0.05, 0) is 42.7 Å². The van der Waals surface area contributed by atoms with Crippen LogP contribution >= 0.6 is 0 Å². The number of sulfone groups is 1. The molecule has 1 heterocycles. The van der Waals surface area contributed by atoms with Gasteiger partial charge in [-0.3, -0.25) is 4.79 Å². The van der Waals surface area contributed by atoms with Gasteiger partial charge in [-0.2, -0.15) is 0 Å². The van der Waals surface area contributed by atoms with Crippen molar-refractivity contribution < 1.29 is 17.6 Å². The summed E-state index contributed by atoms with van der Waals surface area (Å²) in [6.07, 6.45) is 0.432. The maximum Gasteiger partial charge on any atom is 0.254 e. The highest BCUT2D eigenvalue weighted by Crippen LogP contribution is 2.23. The first-order chi connectivity index (χ1) is 11.9. The number of carbonyl (C=O) groups excluding carboxylic acids is 1. The number of carbonyl (C=O) groups is 1. The summed E-state index contributed by atoms with van der Waals surface area (Å²) in [4.78, 5) is 14.7. The molecule has 1 atom stereocenters. The Bertz CT molecular complexity index is 878. The molecule has 1 fully saturated rings. The van der Waals surface area contributed by atoms with Crippen LogP contribution < -0.4 is 0 Å². The molecule has 0 aliphatic carbocycles. The summed E-state index contributed by atoms with van der Waals surface area (Å²) in [5.74, 6) is -0.460. The van der Waals surface area contributed by atoms with Crippen LogP contribution in [-0.2, 0) is 16.4 Å². The van der Waals surface area contributed by atoms with Crippen molar-refractivity contribution >= 4 is 15.7 Å². The number of nitrogens with zero attached hydrogens (tertiary/aromatic N) is 1. The Labute approximate surface area is 147 Å². The van der Waals surface area contributed by atoms with E-state index in [4.69, 9.17) is 0 Å². The number of halogens is 1. The Balaban J connectivity index is 1.92. The summed E-state index contributed by atoms with van der Waals surface area (Å²) in [7, 11) is -3.12. The molecule has 1 saturated heterocycles. The maximum atomic E-state index is 13.1. The first kappa shape index (κ1) is 17.6. The quantitative estimate of drug-likeness (QED) is 0.841. The molecule has 1 unspecified atom stereocenters. The van der Waals surface area contributed by atoms with Crippen molar-refractivity contribution in [2.75, 3.05) is 11.5 Å². The van der Waals surface area contributed by atoms with Gasteiger partial charge in [0.1, 0.15) is 5.82 Å². The summed E-state index contributed by atoms with van der Waals surface area (Å²) in [5, 5.41) is 0. The van der Waals surface area contributed by atoms with Crippen molar-refractivity contribution in [1.82, 2.24) is 4.90 Å². The average Bonchev–Trinajstić information content (AvgIpc) is 2.94. The first-order valence-electron chi connectivity index (χ1n) is 8.17. The second kappa shape index (κ2) is 6.96. The van der Waals surface area contributed by atoms with E-state index in [2.05, 4.69) is 0 Å². The van der Waals surface area contributed by atoms with Crippen LogP contribution in [0.5, 0.6) is 0 Å². The highest BCUT2D eigenvalue weighted by atomic mass is 32.2. The third-order valence-corrected chi connectivity index (χ3v) is 6.30. The van der Waals surface area contributed by atoms with Gasteiger partial charge in [0, 0.05) is 18.2 Å². The zero-order valence-corrected chi connectivity index (χ0v) is 14.8. The van der Waals surface area contributed by atoms with E-state index >= 15 is 0 Å². The molecule has 2 aromatic carbocycles. The van der Waals surface area contributed by atoms with Gasteiger partial charge >= 0.3 is 0 Å². The lowest BCUT2D eigenvalue weighted by Crippen LogP contribution is -2.40. The maximum absolute atomic E-state index is 13.1. The zero-order valence-electron chi connectivity index (χ0n) is 14.0. The van der Waals surface area contributed by atoms with Crippen molar-refractivity contribution in [2.24, 2.45) is 0 Å². The molecule has 0 spiro atoms. The van der Waals surface area contributed by atoms with E-state index in [0.29, 0.717) is 12.0 Å². The minimum Gasteiger partial charge on any atom is -0.330 e. The van der Waals surface area contributed by atoms with Crippen LogP contribution in [0.4, 0.5) is 4.39 Å². The number of amides is 1. The minimum atomic E-state index is -3.12. The molecule has 0 radical (unpaired) electrons. The van der Waals surface area contributed by atoms with Crippen molar-refractivity contribution in [1.29, 1.82) is 0 Å². The summed E-state index contributed by atoms with van der Waals surface area (Å²) in [6.45, 7) is 2.11. The van der Waals surface area contributed by atoms with Gasteiger partial charge in [-0.25, -0.2) is 12.8 Å². The molecule has 132 valence electrons. The predicted molar refractivity (Wildman–Crippen MR) is 94.5 cm³/mol. The van der Waals surface area contributed by atoms with Crippen molar-refractivity contribution in [2.45, 2.75) is 25.9 Å². The zero-order chi connectivity index (χ0) is 18.0. The van der Waals surface area contributed by atoms with Gasteiger partial charge < -0.3 is 4.90 Å². The fourth-order valence-corrected chi connectivity index (χ4v) is 4.87. The van der Waals surface area contributed by atoms with Gasteiger partial charge in [0.2, 0.25) is 0 Å². The van der Waals surface area contributed by atoms with E-state index in [1.165, 1.54) is 12.1 Å². The third-order valence-electron chi connectivity index (χ3n) is 4.55. The molecule has 6 heteroatoms. The van der Waals surface area contributed by atoms with E-state index in [9.17, 15) is 17.6 Å². The fraction of sp³-hybridized carbons (Fsp3) is 0.316. The number of aryl methyl sites for hydroxylation is 1. The van der Waals surface area contributed by atoms with Gasteiger partial charge in [-0.1, -0.05) is 30.3 Å². The molecule has 0 N–H and O–H groups in total. The Hall–Kier alpha value is -2.21. The molecule has 0 bridgehead atoms. The molecule has 3 rings (SSSR count). The van der Waals surface area contributed by atoms with Crippen molar-refractivity contribution in [3.63, 3.8) is 0 Å². The second-order valence-electron chi connectivity index (χ2n) is 6.43. The van der Waals surface area contributed by atoms with Gasteiger partial charge in [0.05, 0.1) is 11.5 Å². The van der Waals surface area contributed by atoms with E-state index < -0.39 is 9.84 Å². The molecule has 4 nitrogen and oxygen atoms in total. The summed E-state index contributed by atoms with van der Waals surface area (Å²) in [5.41, 5.74) is 2.18. The lowest BCUT2D eigenvalue weighted by atomic mass is 10.1. The second-order valence-corrected chi connectivity index (χ2v) is 8.66. The van der Waals surface area contributed by atoms with Crippen LogP contribution in [0.1, 0.15) is 27.9 Å². The van der Waals surface area contributed by atoms with Gasteiger partial charge in [0.25, 0.3) is 5.91 Å². The lowest BCUT2D eigenvalue weighted by Gasteiger charge is -2.29. The van der Waals surface area contributed by atoms with Crippen LogP contribution in [0, 0.1) is 12.7 Å². The first-order valence-corrected chi connectivity index (χ1v) is 9.99. The molecule has 0 saturated carbocycles. The van der Waals surface area contributed by atoms with Crippen LogP contribution in [0.25, 0.3) is 0 Å².